The quantitative estimate of drug-likeness (QED) is 0.419. The molecule has 36 heavy (non-hydrogen) atoms. The molecule has 3 rings (SSSR count). The summed E-state index contributed by atoms with van der Waals surface area (Å²) in [6.07, 6.45) is 0.754. The lowest BCUT2D eigenvalue weighted by Crippen LogP contribution is -2.34. The number of nitrogens with zero attached hydrogens (tertiary/aromatic N) is 3. The summed E-state index contributed by atoms with van der Waals surface area (Å²) >= 11 is 0. The highest BCUT2D eigenvalue weighted by molar-refractivity contribution is 8.93. The van der Waals surface area contributed by atoms with Crippen molar-refractivity contribution in [2.45, 2.75) is 59.5 Å². The molecule has 0 radical (unpaired) electrons. The average molecular weight is 561 g/mol. The molecule has 1 aromatic heterocycles. The van der Waals surface area contributed by atoms with Crippen molar-refractivity contribution in [2.75, 3.05) is 13.1 Å². The SMILES string of the molecule is Br.CCc1ccc2c(n1)C(=N)N(CC(=O)c1cc(CN(CC(=O)O)C(C)=O)c(O)c(C(C)(C)C)c1)C2. The first kappa shape index (κ1) is 29.0. The van der Waals surface area contributed by atoms with Crippen LogP contribution in [-0.4, -0.2) is 61.6 Å². The highest BCUT2D eigenvalue weighted by Gasteiger charge is 2.29. The molecule has 1 amide bonds. The summed E-state index contributed by atoms with van der Waals surface area (Å²) in [6.45, 7) is 8.63. The first-order valence-electron chi connectivity index (χ1n) is 11.5. The smallest absolute Gasteiger partial charge is 0.323 e. The van der Waals surface area contributed by atoms with E-state index in [1.165, 1.54) is 13.0 Å². The van der Waals surface area contributed by atoms with Gasteiger partial charge < -0.3 is 20.0 Å². The maximum absolute atomic E-state index is 13.3. The molecule has 1 aromatic carbocycles. The van der Waals surface area contributed by atoms with Gasteiger partial charge in [-0.2, -0.15) is 0 Å². The Kier molecular flexibility index (Phi) is 9.01. The molecule has 0 saturated heterocycles. The molecular formula is C26H33BrN4O5. The number of fused-ring (bicyclic) bond motifs is 1. The summed E-state index contributed by atoms with van der Waals surface area (Å²) in [6, 6.07) is 7.01. The number of aromatic nitrogens is 1. The van der Waals surface area contributed by atoms with Gasteiger partial charge in [-0.25, -0.2) is 4.98 Å². The zero-order chi connectivity index (χ0) is 26.1. The number of phenols is 1. The van der Waals surface area contributed by atoms with Crippen LogP contribution >= 0.6 is 17.0 Å². The van der Waals surface area contributed by atoms with E-state index in [0.717, 1.165) is 22.6 Å². The molecule has 0 atom stereocenters. The van der Waals surface area contributed by atoms with Crippen LogP contribution in [0.15, 0.2) is 24.3 Å². The van der Waals surface area contributed by atoms with Gasteiger partial charge in [0.1, 0.15) is 23.8 Å². The van der Waals surface area contributed by atoms with Gasteiger partial charge in [0.15, 0.2) is 5.78 Å². The molecule has 2 aromatic rings. The van der Waals surface area contributed by atoms with Gasteiger partial charge in [-0.3, -0.25) is 19.8 Å². The van der Waals surface area contributed by atoms with Crippen LogP contribution in [0.5, 0.6) is 5.75 Å². The minimum Gasteiger partial charge on any atom is -0.507 e. The van der Waals surface area contributed by atoms with Gasteiger partial charge in [-0.15, -0.1) is 17.0 Å². The number of pyridine rings is 1. The minimum absolute atomic E-state index is 0. The summed E-state index contributed by atoms with van der Waals surface area (Å²) in [5.41, 5.74) is 3.00. The van der Waals surface area contributed by atoms with E-state index >= 15 is 0 Å². The molecule has 0 spiro atoms. The maximum atomic E-state index is 13.3. The molecule has 0 saturated carbocycles. The average Bonchev–Trinajstić information content (AvgIpc) is 3.07. The second-order valence-corrected chi connectivity index (χ2v) is 9.84. The number of benzene rings is 1. The number of amides is 1. The summed E-state index contributed by atoms with van der Waals surface area (Å²) in [7, 11) is 0. The van der Waals surface area contributed by atoms with Gasteiger partial charge >= 0.3 is 5.97 Å². The van der Waals surface area contributed by atoms with Gasteiger partial charge in [0.25, 0.3) is 0 Å². The zero-order valence-corrected chi connectivity index (χ0v) is 22.9. The summed E-state index contributed by atoms with van der Waals surface area (Å²) in [5, 5.41) is 28.6. The number of aryl methyl sites for hydroxylation is 1. The van der Waals surface area contributed by atoms with Crippen molar-refractivity contribution in [3.05, 3.63) is 57.9 Å². The predicted octanol–water partition coefficient (Wildman–Crippen LogP) is 3.68. The predicted molar refractivity (Wildman–Crippen MR) is 141 cm³/mol. The highest BCUT2D eigenvalue weighted by Crippen LogP contribution is 2.35. The Morgan fingerprint density at radius 2 is 1.86 bits per heavy atom. The molecule has 0 unspecified atom stereocenters. The van der Waals surface area contributed by atoms with Crippen LogP contribution in [0, 0.1) is 5.41 Å². The Hall–Kier alpha value is -3.27. The van der Waals surface area contributed by atoms with Crippen LogP contribution in [0.25, 0.3) is 0 Å². The fraction of sp³-hybridized carbons (Fsp3) is 0.423. The van der Waals surface area contributed by atoms with Crippen LogP contribution in [0.2, 0.25) is 0 Å². The van der Waals surface area contributed by atoms with Crippen molar-refractivity contribution in [1.29, 1.82) is 5.41 Å². The molecule has 0 bridgehead atoms. The number of Topliss-reactive ketones (excluding diaryl/α,β-unsaturated/α-hetero) is 1. The zero-order valence-electron chi connectivity index (χ0n) is 21.2. The van der Waals surface area contributed by atoms with E-state index < -0.39 is 23.8 Å². The van der Waals surface area contributed by atoms with Crippen LogP contribution in [-0.2, 0) is 34.5 Å². The fourth-order valence-electron chi connectivity index (χ4n) is 4.09. The van der Waals surface area contributed by atoms with Crippen LogP contribution in [0.4, 0.5) is 0 Å². The van der Waals surface area contributed by atoms with E-state index in [4.69, 9.17) is 10.5 Å². The number of carbonyl (C=O) groups is 3. The Labute approximate surface area is 221 Å². The first-order chi connectivity index (χ1) is 16.3. The van der Waals surface area contributed by atoms with E-state index in [1.807, 2.05) is 39.8 Å². The summed E-state index contributed by atoms with van der Waals surface area (Å²) in [4.78, 5) is 43.8. The number of phenolic OH excluding ortho intramolecular Hbond substituents is 1. The van der Waals surface area contributed by atoms with E-state index in [0.29, 0.717) is 28.9 Å². The van der Waals surface area contributed by atoms with Crippen LogP contribution in [0.3, 0.4) is 0 Å². The molecule has 10 heteroatoms. The number of ketones is 1. The second kappa shape index (κ2) is 11.2. The number of rotatable bonds is 8. The van der Waals surface area contributed by atoms with E-state index in [9.17, 15) is 19.5 Å². The lowest BCUT2D eigenvalue weighted by molar-refractivity contribution is -0.144. The second-order valence-electron chi connectivity index (χ2n) is 9.84. The van der Waals surface area contributed by atoms with E-state index in [1.54, 1.807) is 11.0 Å². The number of aliphatic carboxylic acids is 1. The van der Waals surface area contributed by atoms with Crippen LogP contribution in [0.1, 0.15) is 73.1 Å². The lowest BCUT2D eigenvalue weighted by Gasteiger charge is -2.26. The third kappa shape index (κ3) is 6.29. The van der Waals surface area contributed by atoms with Gasteiger partial charge in [0.05, 0.1) is 6.54 Å². The van der Waals surface area contributed by atoms with Crippen molar-refractivity contribution in [2.24, 2.45) is 0 Å². The third-order valence-corrected chi connectivity index (χ3v) is 6.09. The number of carboxylic acids is 1. The van der Waals surface area contributed by atoms with Gasteiger partial charge in [0.2, 0.25) is 5.91 Å². The first-order valence-corrected chi connectivity index (χ1v) is 11.5. The molecule has 3 N–H and O–H groups in total. The molecule has 1 aliphatic rings. The molecule has 0 aliphatic carbocycles. The highest BCUT2D eigenvalue weighted by atomic mass is 79.9. The van der Waals surface area contributed by atoms with E-state index in [-0.39, 0.29) is 47.4 Å². The number of carbonyl (C=O) groups excluding carboxylic acids is 2. The topological polar surface area (TPSA) is 135 Å². The molecule has 9 nitrogen and oxygen atoms in total. The Morgan fingerprint density at radius 3 is 2.42 bits per heavy atom. The number of hydrogen-bond donors (Lipinski definition) is 3. The van der Waals surface area contributed by atoms with Crippen molar-refractivity contribution in [3.63, 3.8) is 0 Å². The van der Waals surface area contributed by atoms with Gasteiger partial charge in [-0.1, -0.05) is 33.8 Å². The number of halogens is 1. The van der Waals surface area contributed by atoms with Crippen molar-refractivity contribution < 1.29 is 24.6 Å². The van der Waals surface area contributed by atoms with Gasteiger partial charge in [-0.05, 0) is 30.0 Å². The molecule has 194 valence electrons. The monoisotopic (exact) mass is 560 g/mol. The van der Waals surface area contributed by atoms with Crippen LogP contribution < -0.4 is 0 Å². The molecule has 0 fully saturated rings. The maximum Gasteiger partial charge on any atom is 0.323 e. The Morgan fingerprint density at radius 1 is 1.19 bits per heavy atom. The Balaban J connectivity index is 0.00000456. The number of hydrogen-bond acceptors (Lipinski definition) is 6. The van der Waals surface area contributed by atoms with Crippen molar-refractivity contribution in [3.8, 4) is 5.75 Å². The number of aromatic hydroxyl groups is 1. The van der Waals surface area contributed by atoms with Crippen molar-refractivity contribution >= 4 is 40.5 Å². The number of amidine groups is 1. The lowest BCUT2D eigenvalue weighted by atomic mass is 9.83. The number of nitrogens with one attached hydrogen (secondary N) is 1. The summed E-state index contributed by atoms with van der Waals surface area (Å²) in [5.74, 6) is -1.75. The third-order valence-electron chi connectivity index (χ3n) is 6.09. The minimum atomic E-state index is -1.17. The van der Waals surface area contributed by atoms with E-state index in [2.05, 4.69) is 4.98 Å². The normalized spacial score (nSPS) is 12.7. The molecule has 1 aliphatic heterocycles. The van der Waals surface area contributed by atoms with Gasteiger partial charge in [0, 0.05) is 48.0 Å². The Bertz CT molecular complexity index is 1210. The largest absolute Gasteiger partial charge is 0.507 e. The fourth-order valence-corrected chi connectivity index (χ4v) is 4.09. The molecular weight excluding hydrogens is 528 g/mol. The number of carboxylic acid groups (broad SMARTS) is 1. The summed E-state index contributed by atoms with van der Waals surface area (Å²) < 4.78 is 0. The van der Waals surface area contributed by atoms with Crippen molar-refractivity contribution in [1.82, 2.24) is 14.8 Å². The standard InChI is InChI=1S/C26H32N4O5.BrH/c1-6-19-8-7-16-11-30(25(27)23(16)28-19)13-21(32)17-9-18(12-29(15(2)31)14-22(33)34)24(35)20(10-17)26(3,4)5;/h7-10,27,35H,6,11-14H2,1-5H3,(H,33,34);1H. The molecule has 2 heterocycles.